The van der Waals surface area contributed by atoms with Crippen molar-refractivity contribution in [2.24, 2.45) is 0 Å². The molecule has 0 unspecified atom stereocenters. The largest absolute Gasteiger partial charge is 0.332 e. The normalized spacial score (nSPS) is 10.5. The molecule has 0 atom stereocenters. The molecular formula is C22H19ClFN3O3S. The summed E-state index contributed by atoms with van der Waals surface area (Å²) in [6.45, 7) is 1.56. The quantitative estimate of drug-likeness (QED) is 0.555. The molecule has 3 rings (SSSR count). The molecule has 0 saturated carbocycles. The third-order valence-corrected chi connectivity index (χ3v) is 5.78. The van der Waals surface area contributed by atoms with E-state index in [1.54, 1.807) is 37.3 Å². The van der Waals surface area contributed by atoms with E-state index in [1.807, 2.05) is 0 Å². The minimum Gasteiger partial charge on any atom is -0.332 e. The zero-order valence-electron chi connectivity index (χ0n) is 16.7. The average molecular weight is 460 g/mol. The van der Waals surface area contributed by atoms with E-state index in [9.17, 15) is 18.8 Å². The minimum absolute atomic E-state index is 0.173. The Morgan fingerprint density at radius 3 is 2.52 bits per heavy atom. The van der Waals surface area contributed by atoms with Crippen LogP contribution in [-0.2, 0) is 4.79 Å². The molecule has 1 aromatic heterocycles. The van der Waals surface area contributed by atoms with Crippen molar-refractivity contribution in [1.82, 2.24) is 4.90 Å². The maximum atomic E-state index is 13.3. The molecule has 0 radical (unpaired) electrons. The predicted molar refractivity (Wildman–Crippen MR) is 120 cm³/mol. The van der Waals surface area contributed by atoms with Gasteiger partial charge in [-0.25, -0.2) is 4.39 Å². The molecule has 0 bridgehead atoms. The molecule has 2 aromatic carbocycles. The fourth-order valence-electron chi connectivity index (χ4n) is 2.78. The Morgan fingerprint density at radius 1 is 1.06 bits per heavy atom. The lowest BCUT2D eigenvalue weighted by Crippen LogP contribution is -2.34. The number of carbonyl (C=O) groups is 3. The van der Waals surface area contributed by atoms with E-state index in [1.165, 1.54) is 30.1 Å². The highest BCUT2D eigenvalue weighted by molar-refractivity contribution is 7.18. The minimum atomic E-state index is -0.512. The Bertz CT molecular complexity index is 1150. The first-order valence-corrected chi connectivity index (χ1v) is 10.4. The van der Waals surface area contributed by atoms with Crippen LogP contribution in [0.3, 0.4) is 0 Å². The number of rotatable bonds is 6. The summed E-state index contributed by atoms with van der Waals surface area (Å²) in [6.07, 6.45) is 0. The molecular weight excluding hydrogens is 441 g/mol. The summed E-state index contributed by atoms with van der Waals surface area (Å²) < 4.78 is 13.3. The van der Waals surface area contributed by atoms with E-state index < -0.39 is 17.6 Å². The van der Waals surface area contributed by atoms with Gasteiger partial charge in [-0.1, -0.05) is 29.8 Å². The van der Waals surface area contributed by atoms with Gasteiger partial charge in [0.2, 0.25) is 5.91 Å². The summed E-state index contributed by atoms with van der Waals surface area (Å²) in [7, 11) is 1.51. The van der Waals surface area contributed by atoms with Gasteiger partial charge in [0.05, 0.1) is 27.1 Å². The van der Waals surface area contributed by atoms with Crippen LogP contribution in [0.15, 0.2) is 54.6 Å². The second-order valence-corrected chi connectivity index (χ2v) is 8.24. The molecule has 0 fully saturated rings. The lowest BCUT2D eigenvalue weighted by Gasteiger charge is -2.16. The van der Waals surface area contributed by atoms with E-state index in [0.29, 0.717) is 26.2 Å². The molecule has 3 amide bonds. The maximum Gasteiger partial charge on any atom is 0.264 e. The van der Waals surface area contributed by atoms with E-state index in [2.05, 4.69) is 10.6 Å². The van der Waals surface area contributed by atoms with Crippen LogP contribution in [0.1, 0.15) is 25.6 Å². The first-order chi connectivity index (χ1) is 14.7. The van der Waals surface area contributed by atoms with E-state index in [0.717, 1.165) is 17.4 Å². The van der Waals surface area contributed by atoms with Crippen LogP contribution < -0.4 is 10.6 Å². The summed E-state index contributed by atoms with van der Waals surface area (Å²) in [5.41, 5.74) is 1.29. The van der Waals surface area contributed by atoms with Crippen LogP contribution in [0.4, 0.5) is 15.1 Å². The molecule has 6 nitrogen and oxygen atoms in total. The number of anilines is 2. The third kappa shape index (κ3) is 5.68. The highest BCUT2D eigenvalue weighted by atomic mass is 35.5. The van der Waals surface area contributed by atoms with Gasteiger partial charge in [-0.2, -0.15) is 0 Å². The fraction of sp³-hybridized carbons (Fsp3) is 0.136. The standard InChI is InChI=1S/C22H19ClFN3O3S/c1-13-10-19(26-21(29)14-6-5-7-15(24)11-14)31-20(13)22(30)27(2)12-18(28)25-17-9-4-3-8-16(17)23/h3-11H,12H2,1-2H3,(H,25,28)(H,26,29). The van der Waals surface area contributed by atoms with Crippen molar-refractivity contribution in [1.29, 1.82) is 0 Å². The molecule has 0 aliphatic rings. The molecule has 0 aliphatic heterocycles. The van der Waals surface area contributed by atoms with Crippen LogP contribution in [0, 0.1) is 12.7 Å². The van der Waals surface area contributed by atoms with Gasteiger partial charge < -0.3 is 15.5 Å². The lowest BCUT2D eigenvalue weighted by molar-refractivity contribution is -0.116. The Kier molecular flexibility index (Phi) is 7.04. The number of halogens is 2. The molecule has 0 spiro atoms. The second-order valence-electron chi connectivity index (χ2n) is 6.78. The zero-order valence-corrected chi connectivity index (χ0v) is 18.3. The van der Waals surface area contributed by atoms with Gasteiger partial charge in [-0.15, -0.1) is 11.3 Å². The van der Waals surface area contributed by atoms with Crippen LogP contribution in [0.25, 0.3) is 0 Å². The van der Waals surface area contributed by atoms with Gasteiger partial charge in [0.1, 0.15) is 5.82 Å². The summed E-state index contributed by atoms with van der Waals surface area (Å²) in [4.78, 5) is 39.1. The van der Waals surface area contributed by atoms with Gasteiger partial charge in [0.15, 0.2) is 0 Å². The Balaban J connectivity index is 1.65. The number of likely N-dealkylation sites (N-methyl/N-ethyl adjacent to an activating group) is 1. The summed E-state index contributed by atoms with van der Waals surface area (Å²) in [6, 6.07) is 13.8. The molecule has 0 aliphatic carbocycles. The van der Waals surface area contributed by atoms with Crippen molar-refractivity contribution in [2.45, 2.75) is 6.92 Å². The number of carbonyl (C=O) groups excluding carboxylic acids is 3. The predicted octanol–water partition coefficient (Wildman–Crippen LogP) is 4.81. The number of hydrogen-bond donors (Lipinski definition) is 2. The number of hydrogen-bond acceptors (Lipinski definition) is 4. The monoisotopic (exact) mass is 459 g/mol. The summed E-state index contributed by atoms with van der Waals surface area (Å²) >= 11 is 7.12. The lowest BCUT2D eigenvalue weighted by atomic mass is 10.2. The zero-order chi connectivity index (χ0) is 22.5. The number of thiophene rings is 1. The number of aryl methyl sites for hydroxylation is 1. The topological polar surface area (TPSA) is 78.5 Å². The average Bonchev–Trinajstić information content (AvgIpc) is 3.08. The van der Waals surface area contributed by atoms with Gasteiger partial charge in [0, 0.05) is 12.6 Å². The van der Waals surface area contributed by atoms with E-state index in [-0.39, 0.29) is 18.0 Å². The van der Waals surface area contributed by atoms with Crippen LogP contribution in [0.2, 0.25) is 5.02 Å². The highest BCUT2D eigenvalue weighted by Crippen LogP contribution is 2.28. The Labute approximate surface area is 187 Å². The number of nitrogens with zero attached hydrogens (tertiary/aromatic N) is 1. The van der Waals surface area contributed by atoms with Gasteiger partial charge in [0.25, 0.3) is 11.8 Å². The smallest absolute Gasteiger partial charge is 0.264 e. The molecule has 3 aromatic rings. The van der Waals surface area contributed by atoms with Crippen molar-refractivity contribution in [3.05, 3.63) is 81.4 Å². The van der Waals surface area contributed by atoms with Crippen LogP contribution >= 0.6 is 22.9 Å². The van der Waals surface area contributed by atoms with Crippen molar-refractivity contribution >= 4 is 51.3 Å². The van der Waals surface area contributed by atoms with Crippen molar-refractivity contribution in [2.75, 3.05) is 24.2 Å². The molecule has 1 heterocycles. The number of para-hydroxylation sites is 1. The van der Waals surface area contributed by atoms with Crippen molar-refractivity contribution in [3.8, 4) is 0 Å². The second kappa shape index (κ2) is 9.72. The van der Waals surface area contributed by atoms with Gasteiger partial charge in [-0.05, 0) is 48.9 Å². The number of benzene rings is 2. The molecule has 0 saturated heterocycles. The molecule has 9 heteroatoms. The highest BCUT2D eigenvalue weighted by Gasteiger charge is 2.21. The first-order valence-electron chi connectivity index (χ1n) is 9.22. The van der Waals surface area contributed by atoms with Crippen molar-refractivity contribution in [3.63, 3.8) is 0 Å². The Morgan fingerprint density at radius 2 is 1.81 bits per heavy atom. The molecule has 2 N–H and O–H groups in total. The fourth-order valence-corrected chi connectivity index (χ4v) is 4.03. The maximum absolute atomic E-state index is 13.3. The van der Waals surface area contributed by atoms with Gasteiger partial charge >= 0.3 is 0 Å². The third-order valence-electron chi connectivity index (χ3n) is 4.31. The van der Waals surface area contributed by atoms with E-state index >= 15 is 0 Å². The SMILES string of the molecule is Cc1cc(NC(=O)c2cccc(F)c2)sc1C(=O)N(C)CC(=O)Nc1ccccc1Cl. The molecule has 31 heavy (non-hydrogen) atoms. The molecule has 160 valence electrons. The van der Waals surface area contributed by atoms with Crippen LogP contribution in [-0.4, -0.2) is 36.2 Å². The Hall–Kier alpha value is -3.23. The summed E-state index contributed by atoms with van der Waals surface area (Å²) in [5, 5.41) is 6.18. The van der Waals surface area contributed by atoms with Crippen molar-refractivity contribution < 1.29 is 18.8 Å². The first kappa shape index (κ1) is 22.5. The number of nitrogens with one attached hydrogen (secondary N) is 2. The van der Waals surface area contributed by atoms with Gasteiger partial charge in [-0.3, -0.25) is 14.4 Å². The summed E-state index contributed by atoms with van der Waals surface area (Å²) in [5.74, 6) is -1.74. The van der Waals surface area contributed by atoms with E-state index in [4.69, 9.17) is 11.6 Å². The van der Waals surface area contributed by atoms with Crippen LogP contribution in [0.5, 0.6) is 0 Å². The number of amides is 3.